The summed E-state index contributed by atoms with van der Waals surface area (Å²) in [5, 5.41) is 2.84. The molecule has 3 amide bonds. The smallest absolute Gasteiger partial charge is 0.233 e. The second kappa shape index (κ2) is 6.38. The topological polar surface area (TPSA) is 66.5 Å². The number of benzene rings is 1. The van der Waals surface area contributed by atoms with Crippen LogP contribution >= 0.6 is 0 Å². The summed E-state index contributed by atoms with van der Waals surface area (Å²) >= 11 is 0. The van der Waals surface area contributed by atoms with Crippen LogP contribution in [0.4, 0.5) is 5.69 Å². The molecule has 1 aliphatic heterocycles. The van der Waals surface area contributed by atoms with E-state index in [1.165, 1.54) is 10.5 Å². The van der Waals surface area contributed by atoms with Crippen LogP contribution in [0.15, 0.2) is 36.4 Å². The molecule has 26 heavy (non-hydrogen) atoms. The SMILES string of the molecule is CC(C)c1ccc(NC(=O)CCN2C(=O)[C@@H]3[C@H](C2=O)[C@H]2C=C[C@H]3C2)cc1. The van der Waals surface area contributed by atoms with E-state index < -0.39 is 0 Å². The largest absolute Gasteiger partial charge is 0.326 e. The molecule has 1 N–H and O–H groups in total. The maximum atomic E-state index is 12.6. The number of anilines is 1. The van der Waals surface area contributed by atoms with Gasteiger partial charge >= 0.3 is 0 Å². The number of amides is 3. The Morgan fingerprint density at radius 2 is 1.65 bits per heavy atom. The van der Waals surface area contributed by atoms with Gasteiger partial charge in [0.2, 0.25) is 17.7 Å². The molecule has 0 radical (unpaired) electrons. The van der Waals surface area contributed by atoms with Gasteiger partial charge in [0.15, 0.2) is 0 Å². The molecule has 1 saturated carbocycles. The third kappa shape index (κ3) is 2.75. The van der Waals surface area contributed by atoms with Crippen LogP contribution in [-0.2, 0) is 14.4 Å². The Hall–Kier alpha value is -2.43. The van der Waals surface area contributed by atoms with Gasteiger partial charge in [0, 0.05) is 18.7 Å². The van der Waals surface area contributed by atoms with E-state index in [-0.39, 0.29) is 54.4 Å². The van der Waals surface area contributed by atoms with Crippen LogP contribution in [0, 0.1) is 23.7 Å². The second-order valence-corrected chi connectivity index (χ2v) is 7.90. The van der Waals surface area contributed by atoms with Crippen LogP contribution in [0.5, 0.6) is 0 Å². The molecule has 1 heterocycles. The number of nitrogens with one attached hydrogen (secondary N) is 1. The molecule has 136 valence electrons. The van der Waals surface area contributed by atoms with Crippen LogP contribution in [0.1, 0.15) is 38.2 Å². The third-order valence-electron chi connectivity index (χ3n) is 5.99. The first-order valence-electron chi connectivity index (χ1n) is 9.39. The van der Waals surface area contributed by atoms with Crippen molar-refractivity contribution in [2.24, 2.45) is 23.7 Å². The standard InChI is InChI=1S/C21H24N2O3/c1-12(2)13-5-7-16(8-6-13)22-17(24)9-10-23-20(25)18-14-3-4-15(11-14)19(18)21(23)26/h3-8,12,14-15,18-19H,9-11H2,1-2H3,(H,22,24)/t14-,15-,18-,19+/m0/s1. The zero-order chi connectivity index (χ0) is 18.4. The summed E-state index contributed by atoms with van der Waals surface area (Å²) in [5.74, 6) is 0.113. The summed E-state index contributed by atoms with van der Waals surface area (Å²) in [7, 11) is 0. The molecule has 5 nitrogen and oxygen atoms in total. The van der Waals surface area contributed by atoms with Crippen molar-refractivity contribution in [2.45, 2.75) is 32.6 Å². The van der Waals surface area contributed by atoms with Crippen LogP contribution in [0.25, 0.3) is 0 Å². The van der Waals surface area contributed by atoms with E-state index in [4.69, 9.17) is 0 Å². The number of rotatable bonds is 5. The highest BCUT2D eigenvalue weighted by atomic mass is 16.2. The molecule has 0 aromatic heterocycles. The Balaban J connectivity index is 1.33. The number of imide groups is 1. The fourth-order valence-electron chi connectivity index (χ4n) is 4.57. The monoisotopic (exact) mass is 352 g/mol. The molecule has 2 fully saturated rings. The van der Waals surface area contributed by atoms with E-state index >= 15 is 0 Å². The number of likely N-dealkylation sites (tertiary alicyclic amines) is 1. The zero-order valence-electron chi connectivity index (χ0n) is 15.1. The summed E-state index contributed by atoms with van der Waals surface area (Å²) in [5.41, 5.74) is 1.95. The normalized spacial score (nSPS) is 29.0. The highest BCUT2D eigenvalue weighted by Gasteiger charge is 2.58. The fraction of sp³-hybridized carbons (Fsp3) is 0.476. The van der Waals surface area contributed by atoms with E-state index in [0.29, 0.717) is 5.92 Å². The number of hydrogen-bond acceptors (Lipinski definition) is 3. The van der Waals surface area contributed by atoms with Gasteiger partial charge in [0.05, 0.1) is 11.8 Å². The number of fused-ring (bicyclic) bond motifs is 5. The summed E-state index contributed by atoms with van der Waals surface area (Å²) in [6.45, 7) is 4.41. The summed E-state index contributed by atoms with van der Waals surface area (Å²) in [6.07, 6.45) is 5.21. The minimum atomic E-state index is -0.191. The van der Waals surface area contributed by atoms with E-state index in [1.54, 1.807) is 0 Å². The van der Waals surface area contributed by atoms with Gasteiger partial charge in [0.1, 0.15) is 0 Å². The molecule has 0 spiro atoms. The number of carbonyl (C=O) groups is 3. The molecule has 1 saturated heterocycles. The maximum absolute atomic E-state index is 12.6. The Labute approximate surface area is 153 Å². The molecule has 4 atom stereocenters. The second-order valence-electron chi connectivity index (χ2n) is 7.90. The van der Waals surface area contributed by atoms with Gasteiger partial charge in [-0.15, -0.1) is 0 Å². The molecule has 3 aliphatic rings. The van der Waals surface area contributed by atoms with Gasteiger partial charge in [0.25, 0.3) is 0 Å². The third-order valence-corrected chi connectivity index (χ3v) is 5.99. The van der Waals surface area contributed by atoms with Crippen molar-refractivity contribution in [3.8, 4) is 0 Å². The molecular formula is C21H24N2O3. The molecular weight excluding hydrogens is 328 g/mol. The van der Waals surface area contributed by atoms with E-state index in [0.717, 1.165) is 12.1 Å². The lowest BCUT2D eigenvalue weighted by molar-refractivity contribution is -0.140. The average Bonchev–Trinajstić information content (AvgIpc) is 3.28. The van der Waals surface area contributed by atoms with Gasteiger partial charge in [-0.25, -0.2) is 0 Å². The highest BCUT2D eigenvalue weighted by molar-refractivity contribution is 6.06. The van der Waals surface area contributed by atoms with Crippen LogP contribution in [-0.4, -0.2) is 29.2 Å². The highest BCUT2D eigenvalue weighted by Crippen LogP contribution is 2.52. The Morgan fingerprint density at radius 1 is 1.08 bits per heavy atom. The first kappa shape index (κ1) is 17.0. The maximum Gasteiger partial charge on any atom is 0.233 e. The predicted molar refractivity (Wildman–Crippen MR) is 98.2 cm³/mol. The fourth-order valence-corrected chi connectivity index (χ4v) is 4.57. The molecule has 1 aromatic carbocycles. The average molecular weight is 352 g/mol. The predicted octanol–water partition coefficient (Wildman–Crippen LogP) is 2.95. The zero-order valence-corrected chi connectivity index (χ0v) is 15.1. The molecule has 0 unspecified atom stereocenters. The minimum absolute atomic E-state index is 0.0917. The summed E-state index contributed by atoms with van der Waals surface area (Å²) < 4.78 is 0. The van der Waals surface area contributed by atoms with Crippen molar-refractivity contribution in [3.63, 3.8) is 0 Å². The van der Waals surface area contributed by atoms with Crippen molar-refractivity contribution in [1.29, 1.82) is 0 Å². The number of allylic oxidation sites excluding steroid dienone is 2. The first-order valence-corrected chi connectivity index (χ1v) is 9.39. The van der Waals surface area contributed by atoms with E-state index in [9.17, 15) is 14.4 Å². The number of hydrogen-bond donors (Lipinski definition) is 1. The quantitative estimate of drug-likeness (QED) is 0.654. The van der Waals surface area contributed by atoms with E-state index in [1.807, 2.05) is 24.3 Å². The van der Waals surface area contributed by atoms with Gasteiger partial charge in [-0.05, 0) is 41.9 Å². The number of nitrogens with zero attached hydrogens (tertiary/aromatic N) is 1. The van der Waals surface area contributed by atoms with Gasteiger partial charge in [-0.1, -0.05) is 38.1 Å². The molecule has 5 heteroatoms. The van der Waals surface area contributed by atoms with Crippen molar-refractivity contribution in [3.05, 3.63) is 42.0 Å². The van der Waals surface area contributed by atoms with Crippen molar-refractivity contribution >= 4 is 23.4 Å². The van der Waals surface area contributed by atoms with Crippen molar-refractivity contribution in [1.82, 2.24) is 4.90 Å². The molecule has 2 bridgehead atoms. The van der Waals surface area contributed by atoms with Gasteiger partial charge in [-0.2, -0.15) is 0 Å². The lowest BCUT2D eigenvalue weighted by Crippen LogP contribution is -2.35. The summed E-state index contributed by atoms with van der Waals surface area (Å²) in [4.78, 5) is 38.7. The van der Waals surface area contributed by atoms with Gasteiger partial charge < -0.3 is 5.32 Å². The van der Waals surface area contributed by atoms with Crippen molar-refractivity contribution < 1.29 is 14.4 Å². The Bertz CT molecular complexity index is 751. The van der Waals surface area contributed by atoms with Gasteiger partial charge in [-0.3, -0.25) is 19.3 Å². The van der Waals surface area contributed by atoms with Crippen LogP contribution < -0.4 is 5.32 Å². The molecule has 4 rings (SSSR count). The first-order chi connectivity index (χ1) is 12.5. The Morgan fingerprint density at radius 3 is 2.19 bits per heavy atom. The van der Waals surface area contributed by atoms with Crippen molar-refractivity contribution in [2.75, 3.05) is 11.9 Å². The lowest BCUT2D eigenvalue weighted by atomic mass is 9.85. The van der Waals surface area contributed by atoms with E-state index in [2.05, 4.69) is 31.3 Å². The summed E-state index contributed by atoms with van der Waals surface area (Å²) in [6, 6.07) is 7.76. The minimum Gasteiger partial charge on any atom is -0.326 e. The molecule has 1 aromatic rings. The molecule has 2 aliphatic carbocycles. The number of carbonyl (C=O) groups excluding carboxylic acids is 3. The Kier molecular flexibility index (Phi) is 4.17. The van der Waals surface area contributed by atoms with Crippen LogP contribution in [0.3, 0.4) is 0 Å². The lowest BCUT2D eigenvalue weighted by Gasteiger charge is -2.17. The van der Waals surface area contributed by atoms with Crippen LogP contribution in [0.2, 0.25) is 0 Å².